The number of hydrogen-bond donors (Lipinski definition) is 3. The summed E-state index contributed by atoms with van der Waals surface area (Å²) in [4.78, 5) is 24.1. The molecular weight excluding hydrogens is 540 g/mol. The summed E-state index contributed by atoms with van der Waals surface area (Å²) in [5.74, 6) is -5.51. The summed E-state index contributed by atoms with van der Waals surface area (Å²) in [6.07, 6.45) is -0.423. The van der Waals surface area contributed by atoms with Crippen molar-refractivity contribution in [3.05, 3.63) is 54.2 Å². The standard InChI is InChI=1S/C16H21N3O3S.2C2HF3O2/c1-23(20,21)18-15-4-8-19(11-14-5-9-22-12-14)16(15)10-13-2-6-17-7-3-13;2*3-2(4,5)1(6)7/h2-3,5-7,9,12,15-16,18H,4,8,10-11H2,1H3;2*(H,6,7)/t15-,16+;;/m1../s1. The van der Waals surface area contributed by atoms with Gasteiger partial charge in [0.2, 0.25) is 10.0 Å². The Morgan fingerprint density at radius 3 is 1.97 bits per heavy atom. The van der Waals surface area contributed by atoms with Gasteiger partial charge in [0.25, 0.3) is 0 Å². The number of carbonyl (C=O) groups is 2. The number of alkyl halides is 6. The summed E-state index contributed by atoms with van der Waals surface area (Å²) in [5.41, 5.74) is 2.26. The Balaban J connectivity index is 0.000000404. The number of aromatic nitrogens is 1. The molecule has 1 saturated heterocycles. The second-order valence-corrected chi connectivity index (χ2v) is 9.40. The lowest BCUT2D eigenvalue weighted by Gasteiger charge is -2.28. The normalized spacial score (nSPS) is 18.2. The second kappa shape index (κ2) is 13.4. The Labute approximate surface area is 206 Å². The van der Waals surface area contributed by atoms with Crippen LogP contribution in [0.25, 0.3) is 0 Å². The predicted molar refractivity (Wildman–Crippen MR) is 115 cm³/mol. The maximum absolute atomic E-state index is 11.7. The molecule has 0 aliphatic carbocycles. The molecule has 0 unspecified atom stereocenters. The van der Waals surface area contributed by atoms with E-state index < -0.39 is 34.3 Å². The monoisotopic (exact) mass is 563 g/mol. The third kappa shape index (κ3) is 12.6. The molecule has 1 fully saturated rings. The summed E-state index contributed by atoms with van der Waals surface area (Å²) < 4.78 is 94.7. The zero-order valence-electron chi connectivity index (χ0n) is 19.0. The number of hydrogen-bond acceptors (Lipinski definition) is 7. The molecule has 1 aliphatic heterocycles. The number of nitrogens with zero attached hydrogens (tertiary/aromatic N) is 2. The highest BCUT2D eigenvalue weighted by molar-refractivity contribution is 7.88. The quantitative estimate of drug-likeness (QED) is 0.451. The summed E-state index contributed by atoms with van der Waals surface area (Å²) in [6, 6.07) is 5.94. The Morgan fingerprint density at radius 1 is 1.05 bits per heavy atom. The third-order valence-corrected chi connectivity index (χ3v) is 5.40. The van der Waals surface area contributed by atoms with Gasteiger partial charge in [-0.2, -0.15) is 26.3 Å². The van der Waals surface area contributed by atoms with E-state index in [0.717, 1.165) is 37.1 Å². The molecule has 17 heteroatoms. The molecule has 10 nitrogen and oxygen atoms in total. The van der Waals surface area contributed by atoms with E-state index in [0.29, 0.717) is 0 Å². The first-order chi connectivity index (χ1) is 16.9. The zero-order valence-corrected chi connectivity index (χ0v) is 19.8. The Morgan fingerprint density at radius 2 is 1.57 bits per heavy atom. The van der Waals surface area contributed by atoms with Crippen LogP contribution in [0.3, 0.4) is 0 Å². The van der Waals surface area contributed by atoms with Crippen LogP contribution in [-0.2, 0) is 32.6 Å². The van der Waals surface area contributed by atoms with Crippen molar-refractivity contribution >= 4 is 22.0 Å². The molecule has 0 amide bonds. The fourth-order valence-electron chi connectivity index (χ4n) is 3.18. The van der Waals surface area contributed by atoms with Gasteiger partial charge in [-0.25, -0.2) is 22.7 Å². The summed E-state index contributed by atoms with van der Waals surface area (Å²) in [6.45, 7) is 1.61. The largest absolute Gasteiger partial charge is 0.490 e. The molecular formula is C20H23F6N3O7S. The van der Waals surface area contributed by atoms with E-state index in [4.69, 9.17) is 24.2 Å². The molecule has 0 radical (unpaired) electrons. The van der Waals surface area contributed by atoms with Gasteiger partial charge in [-0.05, 0) is 36.6 Å². The molecule has 2 atom stereocenters. The molecule has 0 bridgehead atoms. The maximum Gasteiger partial charge on any atom is 0.490 e. The lowest BCUT2D eigenvalue weighted by molar-refractivity contribution is -0.193. The molecule has 37 heavy (non-hydrogen) atoms. The predicted octanol–water partition coefficient (Wildman–Crippen LogP) is 2.68. The molecule has 2 aromatic heterocycles. The number of aliphatic carboxylic acids is 2. The van der Waals surface area contributed by atoms with Gasteiger partial charge in [-0.15, -0.1) is 0 Å². The molecule has 1 aliphatic rings. The van der Waals surface area contributed by atoms with E-state index in [1.807, 2.05) is 18.2 Å². The fourth-order valence-corrected chi connectivity index (χ4v) is 4.00. The van der Waals surface area contributed by atoms with Crippen molar-refractivity contribution in [2.24, 2.45) is 0 Å². The van der Waals surface area contributed by atoms with Crippen molar-refractivity contribution in [2.45, 2.75) is 43.8 Å². The van der Waals surface area contributed by atoms with Crippen LogP contribution in [0, 0.1) is 0 Å². The van der Waals surface area contributed by atoms with Crippen molar-refractivity contribution in [2.75, 3.05) is 12.8 Å². The van der Waals surface area contributed by atoms with Gasteiger partial charge in [-0.1, -0.05) is 0 Å². The van der Waals surface area contributed by atoms with E-state index in [-0.39, 0.29) is 12.1 Å². The molecule has 2 aromatic rings. The SMILES string of the molecule is CS(=O)(=O)N[C@@H]1CCN(Cc2ccoc2)[C@H]1Cc1ccncc1.O=C(O)C(F)(F)F.O=C(O)C(F)(F)F. The van der Waals surface area contributed by atoms with Gasteiger partial charge >= 0.3 is 24.3 Å². The van der Waals surface area contributed by atoms with Crippen LogP contribution in [-0.4, -0.2) is 77.7 Å². The minimum Gasteiger partial charge on any atom is -0.475 e. The molecule has 0 saturated carbocycles. The topological polar surface area (TPSA) is 150 Å². The molecule has 0 aromatic carbocycles. The third-order valence-electron chi connectivity index (χ3n) is 4.67. The van der Waals surface area contributed by atoms with Crippen molar-refractivity contribution < 1.29 is 59.0 Å². The van der Waals surface area contributed by atoms with Crippen molar-refractivity contribution in [3.8, 4) is 0 Å². The number of carboxylic acid groups (broad SMARTS) is 2. The first-order valence-corrected chi connectivity index (χ1v) is 12.0. The van der Waals surface area contributed by atoms with Gasteiger partial charge in [-0.3, -0.25) is 9.88 Å². The first-order valence-electron chi connectivity index (χ1n) is 10.1. The molecule has 208 valence electrons. The van der Waals surface area contributed by atoms with Crippen LogP contribution < -0.4 is 4.72 Å². The van der Waals surface area contributed by atoms with Crippen LogP contribution in [0.15, 0.2) is 47.5 Å². The average Bonchev–Trinajstić information content (AvgIpc) is 3.39. The molecule has 3 N–H and O–H groups in total. The number of halogens is 6. The van der Waals surface area contributed by atoms with E-state index in [9.17, 15) is 34.8 Å². The highest BCUT2D eigenvalue weighted by atomic mass is 32.2. The number of sulfonamides is 1. The van der Waals surface area contributed by atoms with E-state index in [1.54, 1.807) is 24.9 Å². The number of likely N-dealkylation sites (tertiary alicyclic amines) is 1. The van der Waals surface area contributed by atoms with Crippen LogP contribution in [0.4, 0.5) is 26.3 Å². The number of carboxylic acids is 2. The summed E-state index contributed by atoms with van der Waals surface area (Å²) in [7, 11) is -3.23. The highest BCUT2D eigenvalue weighted by Gasteiger charge is 2.39. The van der Waals surface area contributed by atoms with E-state index in [1.165, 1.54) is 6.26 Å². The minimum atomic E-state index is -5.08. The lowest BCUT2D eigenvalue weighted by Crippen LogP contribution is -2.45. The van der Waals surface area contributed by atoms with Gasteiger partial charge in [0, 0.05) is 43.1 Å². The average molecular weight is 563 g/mol. The Kier molecular flexibility index (Phi) is 11.5. The number of nitrogens with one attached hydrogen (secondary N) is 1. The summed E-state index contributed by atoms with van der Waals surface area (Å²) >= 11 is 0. The molecule has 3 heterocycles. The Bertz CT molecular complexity index is 1070. The highest BCUT2D eigenvalue weighted by Crippen LogP contribution is 2.24. The van der Waals surface area contributed by atoms with Gasteiger partial charge in [0.1, 0.15) is 0 Å². The zero-order chi connectivity index (χ0) is 28.4. The van der Waals surface area contributed by atoms with E-state index >= 15 is 0 Å². The first kappa shape index (κ1) is 31.8. The van der Waals surface area contributed by atoms with Crippen molar-refractivity contribution in [1.82, 2.24) is 14.6 Å². The maximum atomic E-state index is 11.7. The van der Waals surface area contributed by atoms with Gasteiger partial charge in [0.15, 0.2) is 0 Å². The number of rotatable bonds is 6. The Hall–Kier alpha value is -3.18. The van der Waals surface area contributed by atoms with Crippen LogP contribution >= 0.6 is 0 Å². The fraction of sp³-hybridized carbons (Fsp3) is 0.450. The van der Waals surface area contributed by atoms with Crippen LogP contribution in [0.1, 0.15) is 17.5 Å². The summed E-state index contributed by atoms with van der Waals surface area (Å²) in [5, 5.41) is 14.2. The van der Waals surface area contributed by atoms with Crippen LogP contribution in [0.5, 0.6) is 0 Å². The molecule has 0 spiro atoms. The van der Waals surface area contributed by atoms with E-state index in [2.05, 4.69) is 14.6 Å². The van der Waals surface area contributed by atoms with Crippen LogP contribution in [0.2, 0.25) is 0 Å². The van der Waals surface area contributed by atoms with Gasteiger partial charge in [0.05, 0.1) is 18.8 Å². The van der Waals surface area contributed by atoms with Crippen molar-refractivity contribution in [3.63, 3.8) is 0 Å². The van der Waals surface area contributed by atoms with Gasteiger partial charge < -0.3 is 14.6 Å². The minimum absolute atomic E-state index is 0.0786. The number of pyridine rings is 1. The lowest BCUT2D eigenvalue weighted by atomic mass is 10.0. The van der Waals surface area contributed by atoms with Crippen molar-refractivity contribution in [1.29, 1.82) is 0 Å². The second-order valence-electron chi connectivity index (χ2n) is 7.62. The number of furan rings is 1. The molecule has 3 rings (SSSR count). The smallest absolute Gasteiger partial charge is 0.475 e.